The van der Waals surface area contributed by atoms with Crippen LogP contribution in [-0.4, -0.2) is 50.1 Å². The van der Waals surface area contributed by atoms with Crippen LogP contribution >= 0.6 is 0 Å². The summed E-state index contributed by atoms with van der Waals surface area (Å²) in [5.41, 5.74) is 4.60. The first kappa shape index (κ1) is 22.2. The Labute approximate surface area is 181 Å². The van der Waals surface area contributed by atoms with E-state index < -0.39 is 6.10 Å². The van der Waals surface area contributed by atoms with Crippen molar-refractivity contribution in [2.24, 2.45) is 0 Å². The highest BCUT2D eigenvalue weighted by Gasteiger charge is 2.19. The van der Waals surface area contributed by atoms with Gasteiger partial charge in [-0.3, -0.25) is 4.79 Å². The Balaban J connectivity index is 1.61. The van der Waals surface area contributed by atoms with Crippen LogP contribution < -0.4 is 15.0 Å². The number of nitrogens with zero attached hydrogens (tertiary/aromatic N) is 2. The molecule has 1 amide bonds. The Morgan fingerprint density at radius 3 is 2.47 bits per heavy atom. The number of anilines is 1. The standard InChI is InChI=1S/C25H35N3O2/c1-18(2)21-11-10-19(3)24(16-21)30-20(4)25(29)26-17-22-8-6-7-9-23(22)28-14-12-27(5)13-15-28/h6-11,16,18,20H,12-15,17H2,1-5H3,(H,26,29). The number of rotatable bonds is 7. The van der Waals surface area contributed by atoms with Gasteiger partial charge in [-0.1, -0.05) is 44.2 Å². The summed E-state index contributed by atoms with van der Waals surface area (Å²) in [6.07, 6.45) is -0.554. The van der Waals surface area contributed by atoms with Crippen molar-refractivity contribution in [3.05, 3.63) is 59.2 Å². The van der Waals surface area contributed by atoms with Crippen molar-refractivity contribution in [2.45, 2.75) is 46.3 Å². The van der Waals surface area contributed by atoms with Gasteiger partial charge in [-0.2, -0.15) is 0 Å². The van der Waals surface area contributed by atoms with E-state index in [-0.39, 0.29) is 5.91 Å². The molecule has 2 aromatic carbocycles. The van der Waals surface area contributed by atoms with E-state index in [2.05, 4.69) is 66.3 Å². The van der Waals surface area contributed by atoms with E-state index in [1.807, 2.05) is 26.0 Å². The average Bonchev–Trinajstić information content (AvgIpc) is 2.74. The maximum absolute atomic E-state index is 12.7. The van der Waals surface area contributed by atoms with Crippen LogP contribution in [0.15, 0.2) is 42.5 Å². The summed E-state index contributed by atoms with van der Waals surface area (Å²) in [4.78, 5) is 17.5. The quantitative estimate of drug-likeness (QED) is 0.752. The Hall–Kier alpha value is -2.53. The molecule has 1 aliphatic rings. The fourth-order valence-electron chi connectivity index (χ4n) is 3.69. The van der Waals surface area contributed by atoms with E-state index in [4.69, 9.17) is 4.74 Å². The molecule has 1 saturated heterocycles. The van der Waals surface area contributed by atoms with E-state index in [0.717, 1.165) is 43.1 Å². The molecule has 5 nitrogen and oxygen atoms in total. The first-order valence-corrected chi connectivity index (χ1v) is 10.9. The zero-order valence-electron chi connectivity index (χ0n) is 18.9. The van der Waals surface area contributed by atoms with Gasteiger partial charge in [0, 0.05) is 38.4 Å². The number of piperazine rings is 1. The number of hydrogen-bond donors (Lipinski definition) is 1. The van der Waals surface area contributed by atoms with Crippen LogP contribution in [0.2, 0.25) is 0 Å². The van der Waals surface area contributed by atoms with Gasteiger partial charge in [0.2, 0.25) is 0 Å². The number of carbonyl (C=O) groups is 1. The third-order valence-electron chi connectivity index (χ3n) is 5.84. The summed E-state index contributed by atoms with van der Waals surface area (Å²) < 4.78 is 6.02. The van der Waals surface area contributed by atoms with Gasteiger partial charge in [-0.25, -0.2) is 0 Å². The monoisotopic (exact) mass is 409 g/mol. The molecule has 2 aromatic rings. The molecule has 1 aliphatic heterocycles. The second-order valence-corrected chi connectivity index (χ2v) is 8.58. The van der Waals surface area contributed by atoms with Gasteiger partial charge in [0.1, 0.15) is 5.75 Å². The molecule has 3 rings (SSSR count). The summed E-state index contributed by atoms with van der Waals surface area (Å²) in [5, 5.41) is 3.06. The Bertz CT molecular complexity index is 857. The smallest absolute Gasteiger partial charge is 0.261 e. The number of aryl methyl sites for hydroxylation is 1. The molecule has 0 aliphatic carbocycles. The number of amides is 1. The van der Waals surface area contributed by atoms with Crippen molar-refractivity contribution < 1.29 is 9.53 Å². The van der Waals surface area contributed by atoms with Crippen molar-refractivity contribution in [2.75, 3.05) is 38.1 Å². The molecular weight excluding hydrogens is 374 g/mol. The van der Waals surface area contributed by atoms with Gasteiger partial charge in [0.15, 0.2) is 6.10 Å². The molecular formula is C25H35N3O2. The highest BCUT2D eigenvalue weighted by molar-refractivity contribution is 5.81. The lowest BCUT2D eigenvalue weighted by atomic mass is 10.0. The molecule has 0 radical (unpaired) electrons. The minimum atomic E-state index is -0.554. The second kappa shape index (κ2) is 9.98. The lowest BCUT2D eigenvalue weighted by Gasteiger charge is -2.35. The molecule has 30 heavy (non-hydrogen) atoms. The molecule has 5 heteroatoms. The van der Waals surface area contributed by atoms with Crippen LogP contribution in [0.1, 0.15) is 43.4 Å². The predicted molar refractivity (Wildman–Crippen MR) is 123 cm³/mol. The van der Waals surface area contributed by atoms with Crippen molar-refractivity contribution in [3.63, 3.8) is 0 Å². The van der Waals surface area contributed by atoms with E-state index >= 15 is 0 Å². The first-order chi connectivity index (χ1) is 14.3. The predicted octanol–water partition coefficient (Wildman–Crippen LogP) is 3.95. The number of hydrogen-bond acceptors (Lipinski definition) is 4. The minimum Gasteiger partial charge on any atom is -0.481 e. The topological polar surface area (TPSA) is 44.8 Å². The molecule has 1 fully saturated rings. The molecule has 1 heterocycles. The van der Waals surface area contributed by atoms with Crippen molar-refractivity contribution in [1.82, 2.24) is 10.2 Å². The molecule has 0 spiro atoms. The zero-order chi connectivity index (χ0) is 21.7. The Morgan fingerprint density at radius 1 is 1.07 bits per heavy atom. The van der Waals surface area contributed by atoms with Gasteiger partial charge in [0.05, 0.1) is 0 Å². The van der Waals surface area contributed by atoms with Crippen molar-refractivity contribution in [1.29, 1.82) is 0 Å². The van der Waals surface area contributed by atoms with Crippen LogP contribution in [0.5, 0.6) is 5.75 Å². The molecule has 1 N–H and O–H groups in total. The largest absolute Gasteiger partial charge is 0.481 e. The van der Waals surface area contributed by atoms with Gasteiger partial charge >= 0.3 is 0 Å². The van der Waals surface area contributed by atoms with Crippen LogP contribution in [0.25, 0.3) is 0 Å². The number of likely N-dealkylation sites (N-methyl/N-ethyl adjacent to an activating group) is 1. The average molecular weight is 410 g/mol. The Kier molecular flexibility index (Phi) is 7.38. The third kappa shape index (κ3) is 5.54. The highest BCUT2D eigenvalue weighted by Crippen LogP contribution is 2.25. The van der Waals surface area contributed by atoms with Gasteiger partial charge < -0.3 is 19.9 Å². The number of nitrogens with one attached hydrogen (secondary N) is 1. The fourth-order valence-corrected chi connectivity index (χ4v) is 3.69. The number of carbonyl (C=O) groups excluding carboxylic acids is 1. The first-order valence-electron chi connectivity index (χ1n) is 10.9. The van der Waals surface area contributed by atoms with Crippen molar-refractivity contribution in [3.8, 4) is 5.75 Å². The summed E-state index contributed by atoms with van der Waals surface area (Å²) in [7, 11) is 2.16. The highest BCUT2D eigenvalue weighted by atomic mass is 16.5. The van der Waals surface area contributed by atoms with E-state index in [9.17, 15) is 4.79 Å². The SMILES string of the molecule is Cc1ccc(C(C)C)cc1OC(C)C(=O)NCc1ccccc1N1CCN(C)CC1. The maximum Gasteiger partial charge on any atom is 0.261 e. The van der Waals surface area contributed by atoms with Gasteiger partial charge in [0.25, 0.3) is 5.91 Å². The van der Waals surface area contributed by atoms with Crippen LogP contribution in [0.3, 0.4) is 0 Å². The zero-order valence-corrected chi connectivity index (χ0v) is 18.9. The van der Waals surface area contributed by atoms with Crippen molar-refractivity contribution >= 4 is 11.6 Å². The van der Waals surface area contributed by atoms with E-state index in [0.29, 0.717) is 12.5 Å². The molecule has 0 aromatic heterocycles. The van der Waals surface area contributed by atoms with Gasteiger partial charge in [-0.15, -0.1) is 0 Å². The summed E-state index contributed by atoms with van der Waals surface area (Å²) >= 11 is 0. The molecule has 0 bridgehead atoms. The maximum atomic E-state index is 12.7. The van der Waals surface area contributed by atoms with E-state index in [1.54, 1.807) is 0 Å². The number of para-hydroxylation sites is 1. The lowest BCUT2D eigenvalue weighted by molar-refractivity contribution is -0.127. The fraction of sp³-hybridized carbons (Fsp3) is 0.480. The third-order valence-corrected chi connectivity index (χ3v) is 5.84. The molecule has 0 saturated carbocycles. The summed E-state index contributed by atoms with van der Waals surface area (Å²) in [5.74, 6) is 1.10. The molecule has 1 unspecified atom stereocenters. The van der Waals surface area contributed by atoms with Gasteiger partial charge in [-0.05, 0) is 55.6 Å². The number of benzene rings is 2. The minimum absolute atomic E-state index is 0.0995. The van der Waals surface area contributed by atoms with Crippen LogP contribution in [0.4, 0.5) is 5.69 Å². The normalized spacial score (nSPS) is 15.9. The molecule has 1 atom stereocenters. The molecule has 162 valence electrons. The summed E-state index contributed by atoms with van der Waals surface area (Å²) in [6.45, 7) is 12.8. The second-order valence-electron chi connectivity index (χ2n) is 8.58. The lowest BCUT2D eigenvalue weighted by Crippen LogP contribution is -2.45. The Morgan fingerprint density at radius 2 is 1.77 bits per heavy atom. The van der Waals surface area contributed by atoms with Crippen LogP contribution in [-0.2, 0) is 11.3 Å². The number of ether oxygens (including phenoxy) is 1. The van der Waals surface area contributed by atoms with E-state index in [1.165, 1.54) is 11.3 Å². The van der Waals surface area contributed by atoms with Crippen LogP contribution in [0, 0.1) is 6.92 Å². The summed E-state index contributed by atoms with van der Waals surface area (Å²) in [6, 6.07) is 14.6.